The second-order valence-corrected chi connectivity index (χ2v) is 28.3. The molecule has 3 aromatic carbocycles. The van der Waals surface area contributed by atoms with Crippen LogP contribution in [0.5, 0.6) is 11.5 Å². The minimum atomic E-state index is -4.71. The van der Waals surface area contributed by atoms with E-state index in [9.17, 15) is 55.0 Å². The molecule has 5 amide bonds. The Hall–Kier alpha value is -7.68. The van der Waals surface area contributed by atoms with E-state index in [1.807, 2.05) is 105 Å². The van der Waals surface area contributed by atoms with Crippen molar-refractivity contribution in [2.24, 2.45) is 0 Å². The van der Waals surface area contributed by atoms with Crippen LogP contribution in [0.15, 0.2) is 135 Å². The maximum atomic E-state index is 14.4. The van der Waals surface area contributed by atoms with E-state index in [-0.39, 0.29) is 40.7 Å². The van der Waals surface area contributed by atoms with E-state index in [0.717, 1.165) is 50.9 Å². The lowest BCUT2D eigenvalue weighted by atomic mass is 9.81. The molecule has 3 aliphatic heterocycles. The molecule has 2 atom stereocenters. The number of unbranched alkanes of at least 4 members (excludes halogenated alkanes) is 5. The zero-order chi connectivity index (χ0) is 64.8. The summed E-state index contributed by atoms with van der Waals surface area (Å²) in [5.74, 6) is -0.679. The standard InChI is InChI=1S/C65H79N7O14S4/c1-64(2)49-38-47(89(79,80)81)27-29-53(49)70(5)57(64)22-9-6-10-23-58-65(3,4)50-39-48(90(82,83)84)28-30-54(50)72(58)34-16-8-12-25-60(74)66-32-14-7-11-24-59(73)67-33-15-13-21-51(62(77)71(41-45-19-17-35-87-45)42-46-20-18-36-88-46)68-63(78)69-52(40-61(75)76)44-26-31-55-56(37-44)86-43-85-55/h6,9-10,17-20,22-23,26-31,35-39,51-52H,7-8,11-16,21,24-25,32-34,40-43H2,1-5H3,(H6-,66,67,68,69,73,74,75,76,78,79,80,81,82,83,84)/p-1/t51-,52-/m1/s1. The fraction of sp³-hybridized carbons (Fsp3) is 0.415. The predicted octanol–water partition coefficient (Wildman–Crippen LogP) is 9.78. The molecule has 5 heterocycles. The van der Waals surface area contributed by atoms with Gasteiger partial charge < -0.3 is 54.8 Å². The van der Waals surface area contributed by atoms with Crippen LogP contribution in [0.4, 0.5) is 16.2 Å². The molecule has 90 heavy (non-hydrogen) atoms. The number of amides is 5. The molecule has 0 spiro atoms. The maximum Gasteiger partial charge on any atom is 0.315 e. The highest BCUT2D eigenvalue weighted by atomic mass is 32.2. The van der Waals surface area contributed by atoms with Gasteiger partial charge in [-0.05, 0) is 141 Å². The van der Waals surface area contributed by atoms with Crippen molar-refractivity contribution in [3.05, 3.63) is 152 Å². The average Bonchev–Trinajstić information content (AvgIpc) is 1.60. The number of thiophene rings is 2. The van der Waals surface area contributed by atoms with Crippen LogP contribution in [-0.2, 0) is 63.3 Å². The zero-order valence-corrected chi connectivity index (χ0v) is 54.4. The summed E-state index contributed by atoms with van der Waals surface area (Å²) in [7, 11) is -7.47. The number of carboxylic acid groups (broad SMARTS) is 1. The second kappa shape index (κ2) is 30.4. The number of benzene rings is 3. The summed E-state index contributed by atoms with van der Waals surface area (Å²) in [6, 6.07) is 18.9. The van der Waals surface area contributed by atoms with E-state index < -0.39 is 61.6 Å². The third-order valence-corrected chi connectivity index (χ3v) is 19.7. The van der Waals surface area contributed by atoms with Gasteiger partial charge in [-0.15, -0.1) is 22.7 Å². The first-order valence-electron chi connectivity index (χ1n) is 30.0. The molecule has 2 aromatic heterocycles. The van der Waals surface area contributed by atoms with Gasteiger partial charge in [0.05, 0.1) is 40.8 Å². The summed E-state index contributed by atoms with van der Waals surface area (Å²) in [4.78, 5) is 71.0. The average molecular weight is 1310 g/mol. The lowest BCUT2D eigenvalue weighted by molar-refractivity contribution is -0.401. The number of rotatable bonds is 32. The van der Waals surface area contributed by atoms with Crippen molar-refractivity contribution in [2.75, 3.05) is 38.4 Å². The molecular formula is C65H78N7O14S4-. The molecular weight excluding hydrogens is 1230 g/mol. The molecule has 5 aromatic rings. The molecule has 0 aliphatic carbocycles. The summed E-state index contributed by atoms with van der Waals surface area (Å²) >= 11 is 3.04. The number of nitrogens with zero attached hydrogens (tertiary/aromatic N) is 3. The molecule has 3 aliphatic rings. The van der Waals surface area contributed by atoms with Crippen molar-refractivity contribution >= 4 is 89.7 Å². The van der Waals surface area contributed by atoms with Crippen molar-refractivity contribution in [3.8, 4) is 11.5 Å². The molecule has 0 unspecified atom stereocenters. The Morgan fingerprint density at radius 1 is 0.711 bits per heavy atom. The number of fused-ring (bicyclic) bond motifs is 3. The summed E-state index contributed by atoms with van der Waals surface area (Å²) in [6.07, 6.45) is 15.1. The largest absolute Gasteiger partial charge is 0.744 e. The van der Waals surface area contributed by atoms with Gasteiger partial charge in [-0.2, -0.15) is 4.58 Å². The highest BCUT2D eigenvalue weighted by molar-refractivity contribution is 7.86. The number of anilines is 1. The molecule has 21 nitrogen and oxygen atoms in total. The van der Waals surface area contributed by atoms with Crippen LogP contribution < -0.4 is 35.6 Å². The normalized spacial score (nSPS) is 15.9. The van der Waals surface area contributed by atoms with Crippen molar-refractivity contribution in [1.29, 1.82) is 0 Å². The van der Waals surface area contributed by atoms with Crippen LogP contribution in [0.25, 0.3) is 0 Å². The monoisotopic (exact) mass is 1310 g/mol. The summed E-state index contributed by atoms with van der Waals surface area (Å²) in [6.45, 7) is 9.94. The fourth-order valence-electron chi connectivity index (χ4n) is 11.6. The van der Waals surface area contributed by atoms with Gasteiger partial charge in [-0.1, -0.05) is 63.1 Å². The van der Waals surface area contributed by atoms with Crippen molar-refractivity contribution < 1.29 is 69.1 Å². The van der Waals surface area contributed by atoms with Gasteiger partial charge in [0, 0.05) is 76.7 Å². The molecule has 25 heteroatoms. The lowest BCUT2D eigenvalue weighted by Gasteiger charge is -2.28. The van der Waals surface area contributed by atoms with Gasteiger partial charge >= 0.3 is 12.0 Å². The Bertz CT molecular complexity index is 3730. The van der Waals surface area contributed by atoms with Crippen molar-refractivity contribution in [3.63, 3.8) is 0 Å². The fourth-order valence-corrected chi connectivity index (χ4v) is 14.0. The van der Waals surface area contributed by atoms with E-state index in [2.05, 4.69) is 26.2 Å². The SMILES string of the molecule is C[N+]1=C(/C=C/C=C/C=C2/N(CCCCCC(=O)NCCCCCC(=O)NCCCC[C@@H](NC(=O)N[C@H](CC(=O)O)c3ccc4c(c3)OCO4)C(=O)N(Cc3cccs3)Cc3cccs3)c3ccc(S(=O)(=O)[O-])cc3C2(C)C)C(C)(C)c2cc(S(=O)(=O)[O-])ccc21. The molecule has 8 rings (SSSR count). The molecule has 0 radical (unpaired) electrons. The molecule has 0 saturated carbocycles. The predicted molar refractivity (Wildman–Crippen MR) is 342 cm³/mol. The van der Waals surface area contributed by atoms with E-state index in [1.165, 1.54) is 46.9 Å². The summed E-state index contributed by atoms with van der Waals surface area (Å²) in [5.41, 5.74) is 4.00. The Labute approximate surface area is 534 Å². The van der Waals surface area contributed by atoms with Gasteiger partial charge in [-0.3, -0.25) is 19.2 Å². The molecule has 482 valence electrons. The number of aliphatic carboxylic acids is 1. The van der Waals surface area contributed by atoms with E-state index >= 15 is 0 Å². The smallest absolute Gasteiger partial charge is 0.315 e. The first kappa shape index (κ1) is 68.2. The summed E-state index contributed by atoms with van der Waals surface area (Å²) in [5, 5.41) is 25.2. The minimum absolute atomic E-state index is 0.0243. The number of carboxylic acids is 1. The third kappa shape index (κ3) is 17.8. The van der Waals surface area contributed by atoms with Crippen LogP contribution in [0.1, 0.15) is 137 Å². The van der Waals surface area contributed by atoms with E-state index in [1.54, 1.807) is 35.2 Å². The first-order chi connectivity index (χ1) is 42.8. The third-order valence-electron chi connectivity index (χ3n) is 16.4. The molecule has 0 bridgehead atoms. The van der Waals surface area contributed by atoms with Gasteiger partial charge in [0.2, 0.25) is 30.2 Å². The molecule has 5 N–H and O–H groups in total. The Morgan fingerprint density at radius 3 is 1.94 bits per heavy atom. The number of hydrogen-bond acceptors (Lipinski definition) is 16. The highest BCUT2D eigenvalue weighted by Crippen LogP contribution is 2.49. The van der Waals surface area contributed by atoms with Crippen molar-refractivity contribution in [2.45, 2.75) is 151 Å². The number of carbonyl (C=O) groups excluding carboxylic acids is 4. The van der Waals surface area contributed by atoms with Crippen LogP contribution in [0.2, 0.25) is 0 Å². The van der Waals surface area contributed by atoms with Gasteiger partial charge in [0.1, 0.15) is 33.3 Å². The van der Waals surface area contributed by atoms with E-state index in [0.29, 0.717) is 107 Å². The Balaban J connectivity index is 0.760. The molecule has 0 fully saturated rings. The Kier molecular flexibility index (Phi) is 23.1. The quantitative estimate of drug-likeness (QED) is 0.0116. The topological polar surface area (TPSA) is 296 Å². The lowest BCUT2D eigenvalue weighted by Crippen LogP contribution is -2.51. The minimum Gasteiger partial charge on any atom is -0.744 e. The number of hydrogen-bond donors (Lipinski definition) is 5. The van der Waals surface area contributed by atoms with Crippen molar-refractivity contribution in [1.82, 2.24) is 26.2 Å². The molecule has 0 saturated heterocycles. The summed E-state index contributed by atoms with van der Waals surface area (Å²) < 4.78 is 84.6. The second-order valence-electron chi connectivity index (χ2n) is 23.5. The number of ether oxygens (including phenoxy) is 2. The first-order valence-corrected chi connectivity index (χ1v) is 34.6. The number of nitrogens with one attached hydrogen (secondary N) is 4. The number of allylic oxidation sites excluding steroid dienone is 6. The maximum absolute atomic E-state index is 14.4. The zero-order valence-electron chi connectivity index (χ0n) is 51.2. The van der Waals surface area contributed by atoms with Gasteiger partial charge in [0.25, 0.3) is 0 Å². The number of urea groups is 1. The van der Waals surface area contributed by atoms with Crippen LogP contribution in [0.3, 0.4) is 0 Å². The van der Waals surface area contributed by atoms with E-state index in [4.69, 9.17) is 9.47 Å². The Morgan fingerprint density at radius 2 is 1.32 bits per heavy atom. The van der Waals surface area contributed by atoms with Crippen LogP contribution >= 0.6 is 22.7 Å². The number of carbonyl (C=O) groups is 5. The van der Waals surface area contributed by atoms with Gasteiger partial charge in [0.15, 0.2) is 17.2 Å². The van der Waals surface area contributed by atoms with Gasteiger partial charge in [-0.25, -0.2) is 21.6 Å². The highest BCUT2D eigenvalue weighted by Gasteiger charge is 2.44. The van der Waals surface area contributed by atoms with Crippen LogP contribution in [0, 0.1) is 0 Å². The van der Waals surface area contributed by atoms with Crippen LogP contribution in [-0.4, -0.2) is 115 Å².